The Hall–Kier alpha value is -1.89. The van der Waals surface area contributed by atoms with Gasteiger partial charge in [-0.3, -0.25) is 9.69 Å². The molecule has 2 heterocycles. The second kappa shape index (κ2) is 7.56. The van der Waals surface area contributed by atoms with Gasteiger partial charge in [0.2, 0.25) is 5.13 Å². The van der Waals surface area contributed by atoms with Gasteiger partial charge >= 0.3 is 0 Å². The number of amidine groups is 1. The van der Waals surface area contributed by atoms with Gasteiger partial charge in [0, 0.05) is 16.9 Å². The third-order valence-corrected chi connectivity index (χ3v) is 5.87. The van der Waals surface area contributed by atoms with E-state index in [0.29, 0.717) is 26.8 Å². The lowest BCUT2D eigenvalue weighted by Gasteiger charge is -2.12. The third kappa shape index (κ3) is 3.86. The molecule has 0 atom stereocenters. The number of thiazole rings is 1. The second-order valence-electron chi connectivity index (χ2n) is 5.43. The van der Waals surface area contributed by atoms with E-state index < -0.39 is 0 Å². The molecule has 0 spiro atoms. The Balaban J connectivity index is 2.00. The second-order valence-corrected chi connectivity index (χ2v) is 7.68. The molecule has 1 aliphatic heterocycles. The first kappa shape index (κ1) is 17.9. The number of benzene rings is 1. The maximum Gasteiger partial charge on any atom is 0.267 e. The Kier molecular flexibility index (Phi) is 5.42. The lowest BCUT2D eigenvalue weighted by molar-refractivity contribution is -0.121. The summed E-state index contributed by atoms with van der Waals surface area (Å²) in [6, 6.07) is 7.46. The normalized spacial score (nSPS) is 18.1. The molecule has 0 N–H and O–H groups in total. The van der Waals surface area contributed by atoms with Gasteiger partial charge in [-0.15, -0.1) is 17.9 Å². The number of aromatic nitrogens is 1. The highest BCUT2D eigenvalue weighted by atomic mass is 35.5. The van der Waals surface area contributed by atoms with Gasteiger partial charge in [0.25, 0.3) is 5.91 Å². The summed E-state index contributed by atoms with van der Waals surface area (Å²) in [6.07, 6.45) is 1.70. The van der Waals surface area contributed by atoms with E-state index in [1.165, 1.54) is 23.1 Å². The number of hydrogen-bond acceptors (Lipinski definition) is 5. The van der Waals surface area contributed by atoms with Crippen molar-refractivity contribution in [2.45, 2.75) is 13.8 Å². The highest BCUT2D eigenvalue weighted by Gasteiger charge is 2.34. The number of nitrogens with zero attached hydrogens (tertiary/aromatic N) is 3. The van der Waals surface area contributed by atoms with Crippen LogP contribution in [-0.4, -0.2) is 27.5 Å². The van der Waals surface area contributed by atoms with E-state index in [-0.39, 0.29) is 5.91 Å². The number of halogens is 1. The van der Waals surface area contributed by atoms with Crippen molar-refractivity contribution in [1.29, 1.82) is 0 Å². The van der Waals surface area contributed by atoms with Crippen LogP contribution in [0, 0.1) is 6.92 Å². The van der Waals surface area contributed by atoms with Crippen LogP contribution in [0.25, 0.3) is 5.57 Å². The zero-order chi connectivity index (χ0) is 18.0. The zero-order valence-corrected chi connectivity index (χ0v) is 16.2. The van der Waals surface area contributed by atoms with Crippen molar-refractivity contribution in [1.82, 2.24) is 9.88 Å². The first-order valence-electron chi connectivity index (χ1n) is 7.58. The Labute approximate surface area is 159 Å². The number of allylic oxidation sites excluding steroid dienone is 1. The van der Waals surface area contributed by atoms with E-state index in [9.17, 15) is 4.79 Å². The molecule has 1 saturated heterocycles. The number of aryl methyl sites for hydroxylation is 1. The van der Waals surface area contributed by atoms with Crippen LogP contribution in [0.15, 0.2) is 52.2 Å². The van der Waals surface area contributed by atoms with E-state index in [0.717, 1.165) is 16.8 Å². The quantitative estimate of drug-likeness (QED) is 0.527. The number of aliphatic imine (C=N–C) groups is 1. The average Bonchev–Trinajstić information content (AvgIpc) is 3.13. The van der Waals surface area contributed by atoms with Crippen molar-refractivity contribution in [3.8, 4) is 0 Å². The summed E-state index contributed by atoms with van der Waals surface area (Å²) < 4.78 is 0. The molecule has 3 rings (SSSR count). The van der Waals surface area contributed by atoms with Crippen LogP contribution in [0.5, 0.6) is 0 Å². The molecule has 2 aromatic rings. The average molecular weight is 390 g/mol. The maximum absolute atomic E-state index is 12.9. The smallest absolute Gasteiger partial charge is 0.267 e. The molecular formula is C18H16ClN3OS2. The number of hydrogen-bond donors (Lipinski definition) is 0. The SMILES string of the molecule is C=CCN1C(=O)/C(=C(\C)c2ccc(Cl)cc2)S/C1=N/c1nc(C)cs1. The fourth-order valence-electron chi connectivity index (χ4n) is 2.32. The van der Waals surface area contributed by atoms with Gasteiger partial charge in [0.05, 0.1) is 10.6 Å². The van der Waals surface area contributed by atoms with E-state index >= 15 is 0 Å². The van der Waals surface area contributed by atoms with Crippen molar-refractivity contribution in [3.63, 3.8) is 0 Å². The number of carbonyl (C=O) groups is 1. The Bertz CT molecular complexity index is 884. The standard InChI is InChI=1S/C18H16ClN3OS2/c1-4-9-22-16(23)15(12(3)13-5-7-14(19)8-6-13)25-18(22)21-17-20-11(2)10-24-17/h4-8,10H,1,9H2,2-3H3/b15-12-,21-18+. The number of thioether (sulfide) groups is 1. The predicted molar refractivity (Wildman–Crippen MR) is 107 cm³/mol. The van der Waals surface area contributed by atoms with E-state index in [2.05, 4.69) is 16.6 Å². The number of rotatable bonds is 4. The van der Waals surface area contributed by atoms with Crippen LogP contribution in [0.4, 0.5) is 5.13 Å². The van der Waals surface area contributed by atoms with Crippen molar-refractivity contribution < 1.29 is 4.79 Å². The van der Waals surface area contributed by atoms with Gasteiger partial charge in [-0.1, -0.05) is 29.8 Å². The molecule has 128 valence electrons. The Morgan fingerprint density at radius 2 is 2.12 bits per heavy atom. The summed E-state index contributed by atoms with van der Waals surface area (Å²) in [5.41, 5.74) is 2.79. The summed E-state index contributed by atoms with van der Waals surface area (Å²) in [4.78, 5) is 24.1. The summed E-state index contributed by atoms with van der Waals surface area (Å²) in [6.45, 7) is 8.01. The molecule has 1 aromatic carbocycles. The molecule has 1 aliphatic rings. The minimum Gasteiger partial charge on any atom is -0.282 e. The molecule has 1 aromatic heterocycles. The van der Waals surface area contributed by atoms with Crippen LogP contribution >= 0.6 is 34.7 Å². The molecule has 0 radical (unpaired) electrons. The highest BCUT2D eigenvalue weighted by molar-refractivity contribution is 8.18. The lowest BCUT2D eigenvalue weighted by atomic mass is 10.1. The molecule has 7 heteroatoms. The molecule has 0 bridgehead atoms. The molecule has 0 aliphatic carbocycles. The maximum atomic E-state index is 12.9. The summed E-state index contributed by atoms with van der Waals surface area (Å²) in [5.74, 6) is -0.0654. The largest absolute Gasteiger partial charge is 0.282 e. The molecule has 1 amide bonds. The zero-order valence-electron chi connectivity index (χ0n) is 13.8. The van der Waals surface area contributed by atoms with Gasteiger partial charge in [0.1, 0.15) is 0 Å². The summed E-state index contributed by atoms with van der Waals surface area (Å²) in [5, 5.41) is 3.88. The van der Waals surface area contributed by atoms with Gasteiger partial charge in [-0.05, 0) is 48.9 Å². The fraction of sp³-hybridized carbons (Fsp3) is 0.167. The Morgan fingerprint density at radius 3 is 2.72 bits per heavy atom. The van der Waals surface area contributed by atoms with Crippen LogP contribution < -0.4 is 0 Å². The van der Waals surface area contributed by atoms with Gasteiger partial charge in [-0.25, -0.2) is 4.98 Å². The number of amides is 1. The molecule has 4 nitrogen and oxygen atoms in total. The summed E-state index contributed by atoms with van der Waals surface area (Å²) >= 11 is 8.78. The van der Waals surface area contributed by atoms with Crippen LogP contribution in [-0.2, 0) is 4.79 Å². The third-order valence-electron chi connectivity index (χ3n) is 3.59. The highest BCUT2D eigenvalue weighted by Crippen LogP contribution is 2.38. The molecular weight excluding hydrogens is 374 g/mol. The molecule has 0 unspecified atom stereocenters. The minimum atomic E-state index is -0.0654. The van der Waals surface area contributed by atoms with Crippen molar-refractivity contribution in [2.24, 2.45) is 4.99 Å². The van der Waals surface area contributed by atoms with Crippen LogP contribution in [0.2, 0.25) is 5.02 Å². The van der Waals surface area contributed by atoms with Crippen molar-refractivity contribution >= 4 is 56.5 Å². The molecule has 25 heavy (non-hydrogen) atoms. The van der Waals surface area contributed by atoms with E-state index in [1.807, 2.05) is 43.5 Å². The van der Waals surface area contributed by atoms with Gasteiger partial charge in [-0.2, -0.15) is 4.99 Å². The Morgan fingerprint density at radius 1 is 1.40 bits per heavy atom. The molecule has 0 saturated carbocycles. The van der Waals surface area contributed by atoms with Crippen LogP contribution in [0.3, 0.4) is 0 Å². The lowest BCUT2D eigenvalue weighted by Crippen LogP contribution is -2.29. The molecule has 1 fully saturated rings. The first-order chi connectivity index (χ1) is 12.0. The van der Waals surface area contributed by atoms with E-state index in [1.54, 1.807) is 11.0 Å². The van der Waals surface area contributed by atoms with Crippen LogP contribution in [0.1, 0.15) is 18.2 Å². The topological polar surface area (TPSA) is 45.6 Å². The predicted octanol–water partition coefficient (Wildman–Crippen LogP) is 5.29. The van der Waals surface area contributed by atoms with E-state index in [4.69, 9.17) is 11.6 Å². The minimum absolute atomic E-state index is 0.0654. The first-order valence-corrected chi connectivity index (χ1v) is 9.65. The monoisotopic (exact) mass is 389 g/mol. The van der Waals surface area contributed by atoms with Crippen molar-refractivity contribution in [2.75, 3.05) is 6.54 Å². The van der Waals surface area contributed by atoms with Gasteiger partial charge in [0.15, 0.2) is 5.17 Å². The fourth-order valence-corrected chi connectivity index (χ4v) is 4.21. The number of carbonyl (C=O) groups excluding carboxylic acids is 1. The van der Waals surface area contributed by atoms with Gasteiger partial charge < -0.3 is 0 Å². The summed E-state index contributed by atoms with van der Waals surface area (Å²) in [7, 11) is 0. The van der Waals surface area contributed by atoms with Crippen molar-refractivity contribution in [3.05, 3.63) is 63.5 Å².